The second kappa shape index (κ2) is 8.27. The first-order valence-electron chi connectivity index (χ1n) is 6.63. The average molecular weight is 370 g/mol. The molecule has 1 aromatic heterocycles. The van der Waals surface area contributed by atoms with E-state index in [0.29, 0.717) is 5.69 Å². The zero-order chi connectivity index (χ0) is 16.8. The fraction of sp³-hybridized carbons (Fsp3) is 0.308. The molecule has 0 unspecified atom stereocenters. The van der Waals surface area contributed by atoms with Gasteiger partial charge >= 0.3 is 0 Å². The van der Waals surface area contributed by atoms with Gasteiger partial charge in [-0.05, 0) is 18.2 Å². The second-order valence-corrected chi connectivity index (χ2v) is 8.07. The first kappa shape index (κ1) is 17.7. The Morgan fingerprint density at radius 2 is 2.04 bits per heavy atom. The first-order valence-corrected chi connectivity index (χ1v) is 9.42. The smallest absolute Gasteiger partial charge is 0.271 e. The number of carbonyl (C=O) groups is 1. The fourth-order valence-corrected chi connectivity index (χ4v) is 4.33. The zero-order valence-corrected chi connectivity index (χ0v) is 14.9. The maximum atomic E-state index is 12.0. The average Bonchev–Trinajstić information content (AvgIpc) is 2.95. The van der Waals surface area contributed by atoms with E-state index in [0.717, 1.165) is 20.0 Å². The standard InChI is InChI=1S/C13H14N4O3S3/c1-3-21-12-15-16-13(23-12)22-7-11(18)14-10-6-9(17(19)20)5-4-8(10)2/h4-6H,3,7H2,1-2H3,(H,14,18). The van der Waals surface area contributed by atoms with Crippen molar-refractivity contribution in [1.82, 2.24) is 10.2 Å². The summed E-state index contributed by atoms with van der Waals surface area (Å²) in [6.45, 7) is 3.82. The molecule has 2 aromatic rings. The molecule has 0 aliphatic carbocycles. The van der Waals surface area contributed by atoms with Crippen LogP contribution in [0.2, 0.25) is 0 Å². The van der Waals surface area contributed by atoms with Crippen molar-refractivity contribution in [2.24, 2.45) is 0 Å². The van der Waals surface area contributed by atoms with Gasteiger partial charge in [-0.1, -0.05) is 47.9 Å². The maximum Gasteiger partial charge on any atom is 0.271 e. The molecule has 7 nitrogen and oxygen atoms in total. The van der Waals surface area contributed by atoms with Crippen LogP contribution >= 0.6 is 34.9 Å². The summed E-state index contributed by atoms with van der Waals surface area (Å²) < 4.78 is 1.61. The largest absolute Gasteiger partial charge is 0.325 e. The van der Waals surface area contributed by atoms with Gasteiger partial charge in [-0.15, -0.1) is 10.2 Å². The number of hydrogen-bond donors (Lipinski definition) is 1. The first-order chi connectivity index (χ1) is 11.0. The van der Waals surface area contributed by atoms with Crippen molar-refractivity contribution in [3.63, 3.8) is 0 Å². The van der Waals surface area contributed by atoms with Crippen LogP contribution in [0.1, 0.15) is 12.5 Å². The van der Waals surface area contributed by atoms with E-state index in [1.165, 1.54) is 35.2 Å². The highest BCUT2D eigenvalue weighted by molar-refractivity contribution is 8.03. The molecule has 0 aliphatic heterocycles. The molecule has 0 saturated carbocycles. The molecule has 122 valence electrons. The third-order valence-corrected chi connectivity index (χ3v) is 5.76. The summed E-state index contributed by atoms with van der Waals surface area (Å²) in [5.41, 5.74) is 1.17. The topological polar surface area (TPSA) is 98.0 Å². The van der Waals surface area contributed by atoms with E-state index in [1.807, 2.05) is 6.92 Å². The number of nitrogens with one attached hydrogen (secondary N) is 1. The molecule has 0 saturated heterocycles. The Bertz CT molecular complexity index is 720. The van der Waals surface area contributed by atoms with Crippen LogP contribution in [0.5, 0.6) is 0 Å². The maximum absolute atomic E-state index is 12.0. The summed E-state index contributed by atoms with van der Waals surface area (Å²) in [5.74, 6) is 0.859. The second-order valence-electron chi connectivity index (χ2n) is 4.36. The molecular formula is C13H14N4O3S3. The fourth-order valence-electron chi connectivity index (χ4n) is 1.61. The lowest BCUT2D eigenvalue weighted by atomic mass is 10.2. The van der Waals surface area contributed by atoms with Crippen molar-refractivity contribution in [2.75, 3.05) is 16.8 Å². The van der Waals surface area contributed by atoms with Gasteiger partial charge in [0.25, 0.3) is 5.69 Å². The van der Waals surface area contributed by atoms with Crippen LogP contribution in [-0.4, -0.2) is 32.5 Å². The van der Waals surface area contributed by atoms with Gasteiger partial charge in [0.15, 0.2) is 8.68 Å². The molecule has 0 atom stereocenters. The third kappa shape index (κ3) is 5.19. The lowest BCUT2D eigenvalue weighted by Crippen LogP contribution is -2.15. The van der Waals surface area contributed by atoms with Gasteiger partial charge in [0.2, 0.25) is 5.91 Å². The Hall–Kier alpha value is -1.65. The normalized spacial score (nSPS) is 10.5. The van der Waals surface area contributed by atoms with Gasteiger partial charge in [0, 0.05) is 12.1 Å². The summed E-state index contributed by atoms with van der Waals surface area (Å²) in [4.78, 5) is 22.3. The van der Waals surface area contributed by atoms with Crippen molar-refractivity contribution < 1.29 is 9.72 Å². The monoisotopic (exact) mass is 370 g/mol. The number of aryl methyl sites for hydroxylation is 1. The van der Waals surface area contributed by atoms with Crippen LogP contribution in [0, 0.1) is 17.0 Å². The summed E-state index contributed by atoms with van der Waals surface area (Å²) in [6.07, 6.45) is 0. The van der Waals surface area contributed by atoms with Crippen LogP contribution in [0.3, 0.4) is 0 Å². The van der Waals surface area contributed by atoms with Crippen molar-refractivity contribution in [3.05, 3.63) is 33.9 Å². The van der Waals surface area contributed by atoms with E-state index in [1.54, 1.807) is 24.8 Å². The van der Waals surface area contributed by atoms with Crippen molar-refractivity contribution >= 4 is 52.1 Å². The predicted octanol–water partition coefficient (Wildman–Crippen LogP) is 3.60. The summed E-state index contributed by atoms with van der Waals surface area (Å²) in [5, 5.41) is 21.5. The zero-order valence-electron chi connectivity index (χ0n) is 12.4. The molecule has 1 aromatic carbocycles. The van der Waals surface area contributed by atoms with Crippen LogP contribution < -0.4 is 5.32 Å². The molecule has 1 amide bonds. The van der Waals surface area contributed by atoms with Crippen molar-refractivity contribution in [3.8, 4) is 0 Å². The molecule has 2 rings (SSSR count). The van der Waals surface area contributed by atoms with Gasteiger partial charge in [-0.25, -0.2) is 0 Å². The molecule has 1 N–H and O–H groups in total. The lowest BCUT2D eigenvalue weighted by Gasteiger charge is -2.07. The quantitative estimate of drug-likeness (QED) is 0.452. The molecule has 0 bridgehead atoms. The Morgan fingerprint density at radius 1 is 1.35 bits per heavy atom. The van der Waals surface area contributed by atoms with Gasteiger partial charge in [-0.3, -0.25) is 14.9 Å². The molecular weight excluding hydrogens is 356 g/mol. The minimum absolute atomic E-state index is 0.0519. The number of thioether (sulfide) groups is 2. The number of amides is 1. The lowest BCUT2D eigenvalue weighted by molar-refractivity contribution is -0.384. The van der Waals surface area contributed by atoms with Crippen LogP contribution in [0.15, 0.2) is 26.9 Å². The number of rotatable bonds is 7. The van der Waals surface area contributed by atoms with E-state index in [4.69, 9.17) is 0 Å². The van der Waals surface area contributed by atoms with E-state index in [9.17, 15) is 14.9 Å². The number of aromatic nitrogens is 2. The Labute approximate surface area is 145 Å². The van der Waals surface area contributed by atoms with E-state index in [2.05, 4.69) is 15.5 Å². The highest BCUT2D eigenvalue weighted by atomic mass is 32.2. The summed E-state index contributed by atoms with van der Waals surface area (Å²) in [6, 6.07) is 4.38. The van der Waals surface area contributed by atoms with Crippen molar-refractivity contribution in [1.29, 1.82) is 0 Å². The van der Waals surface area contributed by atoms with Gasteiger partial charge < -0.3 is 5.32 Å². The number of nitro groups is 1. The number of benzene rings is 1. The SMILES string of the molecule is CCSc1nnc(SCC(=O)Nc2cc([N+](=O)[O-])ccc2C)s1. The number of anilines is 1. The molecule has 0 fully saturated rings. The summed E-state index contributed by atoms with van der Waals surface area (Å²) >= 11 is 4.35. The van der Waals surface area contributed by atoms with Crippen molar-refractivity contribution in [2.45, 2.75) is 22.5 Å². The number of carbonyl (C=O) groups excluding carboxylic acids is 1. The minimum atomic E-state index is -0.488. The van der Waals surface area contributed by atoms with Gasteiger partial charge in [-0.2, -0.15) is 0 Å². The van der Waals surface area contributed by atoms with E-state index < -0.39 is 4.92 Å². The Morgan fingerprint density at radius 3 is 2.70 bits per heavy atom. The summed E-state index contributed by atoms with van der Waals surface area (Å²) in [7, 11) is 0. The predicted molar refractivity (Wildman–Crippen MR) is 93.5 cm³/mol. The highest BCUT2D eigenvalue weighted by Crippen LogP contribution is 2.29. The molecule has 10 heteroatoms. The van der Waals surface area contributed by atoms with Crippen LogP contribution in [-0.2, 0) is 4.79 Å². The number of nitro benzene ring substituents is 1. The molecule has 0 radical (unpaired) electrons. The van der Waals surface area contributed by atoms with E-state index >= 15 is 0 Å². The third-order valence-electron chi connectivity index (χ3n) is 2.69. The number of hydrogen-bond acceptors (Lipinski definition) is 8. The molecule has 0 spiro atoms. The molecule has 0 aliphatic rings. The van der Waals surface area contributed by atoms with E-state index in [-0.39, 0.29) is 17.3 Å². The van der Waals surface area contributed by atoms with Crippen LogP contribution in [0.25, 0.3) is 0 Å². The number of nitrogens with zero attached hydrogens (tertiary/aromatic N) is 3. The number of non-ortho nitro benzene ring substituents is 1. The van der Waals surface area contributed by atoms with Crippen LogP contribution in [0.4, 0.5) is 11.4 Å². The molecule has 1 heterocycles. The molecule has 23 heavy (non-hydrogen) atoms. The van der Waals surface area contributed by atoms with Gasteiger partial charge in [0.05, 0.1) is 16.4 Å². The minimum Gasteiger partial charge on any atom is -0.325 e. The highest BCUT2D eigenvalue weighted by Gasteiger charge is 2.12. The van der Waals surface area contributed by atoms with Gasteiger partial charge in [0.1, 0.15) is 0 Å². The Balaban J connectivity index is 1.94. The Kier molecular flexibility index (Phi) is 6.37.